The first kappa shape index (κ1) is 9.58. The fourth-order valence-electron chi connectivity index (χ4n) is 1.01. The number of hydrogen-bond donors (Lipinski definition) is 1. The van der Waals surface area contributed by atoms with Crippen LogP contribution in [0.25, 0.3) is 0 Å². The van der Waals surface area contributed by atoms with Gasteiger partial charge >= 0.3 is 0 Å². The summed E-state index contributed by atoms with van der Waals surface area (Å²) in [5.41, 5.74) is 5.13. The zero-order valence-corrected chi connectivity index (χ0v) is 7.57. The molecule has 0 fully saturated rings. The summed E-state index contributed by atoms with van der Waals surface area (Å²) in [6, 6.07) is 9.18. The van der Waals surface area contributed by atoms with E-state index in [9.17, 15) is 4.79 Å². The Morgan fingerprint density at radius 2 is 2.08 bits per heavy atom. The van der Waals surface area contributed by atoms with Crippen LogP contribution in [0.3, 0.4) is 0 Å². The first-order valence-electron chi connectivity index (χ1n) is 4.25. The van der Waals surface area contributed by atoms with Crippen molar-refractivity contribution in [3.8, 4) is 5.75 Å². The second-order valence-corrected chi connectivity index (χ2v) is 2.73. The molecule has 2 N–H and O–H groups in total. The Labute approximate surface area is 77.5 Å². The highest BCUT2D eigenvalue weighted by Gasteiger charge is 2.13. The van der Waals surface area contributed by atoms with E-state index in [1.54, 1.807) is 12.1 Å². The lowest BCUT2D eigenvalue weighted by Crippen LogP contribution is -2.32. The molecule has 0 bridgehead atoms. The summed E-state index contributed by atoms with van der Waals surface area (Å²) in [6.07, 6.45) is 0.0620. The number of ether oxygens (including phenoxy) is 1. The van der Waals surface area contributed by atoms with Gasteiger partial charge in [-0.15, -0.1) is 0 Å². The second kappa shape index (κ2) is 4.50. The van der Waals surface area contributed by atoms with E-state index in [1.165, 1.54) is 0 Å². The van der Waals surface area contributed by atoms with Crippen molar-refractivity contribution < 1.29 is 9.53 Å². The van der Waals surface area contributed by atoms with Crippen LogP contribution in [-0.4, -0.2) is 12.0 Å². The number of primary amides is 1. The van der Waals surface area contributed by atoms with Crippen LogP contribution in [0.4, 0.5) is 0 Å². The molecule has 1 amide bonds. The molecule has 0 aromatic heterocycles. The fourth-order valence-corrected chi connectivity index (χ4v) is 1.01. The number of amides is 1. The van der Waals surface area contributed by atoms with Gasteiger partial charge in [0, 0.05) is 0 Å². The minimum Gasteiger partial charge on any atom is -0.481 e. The van der Waals surface area contributed by atoms with Crippen molar-refractivity contribution in [2.75, 3.05) is 0 Å². The monoisotopic (exact) mass is 179 g/mol. The van der Waals surface area contributed by atoms with Gasteiger partial charge in [-0.3, -0.25) is 4.79 Å². The summed E-state index contributed by atoms with van der Waals surface area (Å²) in [6.45, 7) is 1.86. The normalized spacial score (nSPS) is 12.1. The predicted octanol–water partition coefficient (Wildman–Crippen LogP) is 1.33. The highest BCUT2D eigenvalue weighted by molar-refractivity contribution is 5.79. The predicted molar refractivity (Wildman–Crippen MR) is 50.3 cm³/mol. The highest BCUT2D eigenvalue weighted by Crippen LogP contribution is 2.11. The van der Waals surface area contributed by atoms with Gasteiger partial charge in [0.2, 0.25) is 0 Å². The lowest BCUT2D eigenvalue weighted by molar-refractivity contribution is -0.124. The molecule has 1 rings (SSSR count). The summed E-state index contributed by atoms with van der Waals surface area (Å²) in [5, 5.41) is 0. The molecule has 13 heavy (non-hydrogen) atoms. The maximum Gasteiger partial charge on any atom is 0.258 e. The molecule has 0 radical (unpaired) electrons. The molecule has 1 unspecified atom stereocenters. The van der Waals surface area contributed by atoms with Gasteiger partial charge in [0.15, 0.2) is 6.10 Å². The zero-order chi connectivity index (χ0) is 9.68. The van der Waals surface area contributed by atoms with Gasteiger partial charge in [0.25, 0.3) is 5.91 Å². The third-order valence-electron chi connectivity index (χ3n) is 1.71. The van der Waals surface area contributed by atoms with E-state index < -0.39 is 12.0 Å². The van der Waals surface area contributed by atoms with Crippen molar-refractivity contribution >= 4 is 5.91 Å². The van der Waals surface area contributed by atoms with Gasteiger partial charge in [0.1, 0.15) is 5.75 Å². The first-order valence-corrected chi connectivity index (χ1v) is 4.25. The van der Waals surface area contributed by atoms with Crippen molar-refractivity contribution in [3.05, 3.63) is 30.3 Å². The summed E-state index contributed by atoms with van der Waals surface area (Å²) in [4.78, 5) is 10.8. The molecule has 0 saturated carbocycles. The number of benzene rings is 1. The topological polar surface area (TPSA) is 52.3 Å². The Balaban J connectivity index is 2.62. The van der Waals surface area contributed by atoms with Gasteiger partial charge in [-0.25, -0.2) is 0 Å². The molecule has 3 heteroatoms. The minimum absolute atomic E-state index is 0.425. The lowest BCUT2D eigenvalue weighted by atomic mass is 10.2. The van der Waals surface area contributed by atoms with Gasteiger partial charge in [-0.1, -0.05) is 25.1 Å². The van der Waals surface area contributed by atoms with Gasteiger partial charge in [0.05, 0.1) is 0 Å². The molecule has 1 atom stereocenters. The van der Waals surface area contributed by atoms with Gasteiger partial charge in [-0.2, -0.15) is 0 Å². The van der Waals surface area contributed by atoms with Crippen LogP contribution in [0.5, 0.6) is 5.75 Å². The molecule has 0 aliphatic heterocycles. The Hall–Kier alpha value is -1.51. The Morgan fingerprint density at radius 1 is 1.46 bits per heavy atom. The number of hydrogen-bond acceptors (Lipinski definition) is 2. The van der Waals surface area contributed by atoms with E-state index >= 15 is 0 Å². The average molecular weight is 179 g/mol. The third-order valence-corrected chi connectivity index (χ3v) is 1.71. The Kier molecular flexibility index (Phi) is 3.31. The fraction of sp³-hybridized carbons (Fsp3) is 0.300. The van der Waals surface area contributed by atoms with Crippen LogP contribution in [-0.2, 0) is 4.79 Å². The SMILES string of the molecule is CCC(Oc1ccccc1)C(N)=O. The van der Waals surface area contributed by atoms with Crippen molar-refractivity contribution in [3.63, 3.8) is 0 Å². The molecule has 0 heterocycles. The summed E-state index contributed by atoms with van der Waals surface area (Å²) >= 11 is 0. The summed E-state index contributed by atoms with van der Waals surface area (Å²) in [5.74, 6) is 0.250. The smallest absolute Gasteiger partial charge is 0.258 e. The number of nitrogens with two attached hydrogens (primary N) is 1. The number of para-hydroxylation sites is 1. The summed E-state index contributed by atoms with van der Waals surface area (Å²) in [7, 11) is 0. The number of rotatable bonds is 4. The van der Waals surface area contributed by atoms with Crippen molar-refractivity contribution in [1.29, 1.82) is 0 Å². The third kappa shape index (κ3) is 2.78. The van der Waals surface area contributed by atoms with Crippen molar-refractivity contribution in [2.45, 2.75) is 19.4 Å². The molecule has 0 aliphatic rings. The zero-order valence-electron chi connectivity index (χ0n) is 7.57. The van der Waals surface area contributed by atoms with Crippen LogP contribution >= 0.6 is 0 Å². The second-order valence-electron chi connectivity index (χ2n) is 2.73. The first-order chi connectivity index (χ1) is 6.24. The Bertz CT molecular complexity index is 272. The van der Waals surface area contributed by atoms with E-state index in [0.717, 1.165) is 0 Å². The number of carbonyl (C=O) groups is 1. The average Bonchev–Trinajstić information content (AvgIpc) is 2.15. The van der Waals surface area contributed by atoms with Crippen LogP contribution in [0.1, 0.15) is 13.3 Å². The summed E-state index contributed by atoms with van der Waals surface area (Å²) < 4.78 is 5.35. The molecular weight excluding hydrogens is 166 g/mol. The van der Waals surface area contributed by atoms with E-state index in [-0.39, 0.29) is 0 Å². The Morgan fingerprint density at radius 3 is 2.54 bits per heavy atom. The van der Waals surface area contributed by atoms with E-state index in [2.05, 4.69) is 0 Å². The molecular formula is C10H13NO2. The van der Waals surface area contributed by atoms with Crippen molar-refractivity contribution in [1.82, 2.24) is 0 Å². The van der Waals surface area contributed by atoms with Crippen LogP contribution in [0, 0.1) is 0 Å². The highest BCUT2D eigenvalue weighted by atomic mass is 16.5. The largest absolute Gasteiger partial charge is 0.481 e. The van der Waals surface area contributed by atoms with E-state index in [0.29, 0.717) is 12.2 Å². The lowest BCUT2D eigenvalue weighted by Gasteiger charge is -2.13. The molecule has 70 valence electrons. The maximum absolute atomic E-state index is 10.8. The molecule has 0 saturated heterocycles. The van der Waals surface area contributed by atoms with E-state index in [4.69, 9.17) is 10.5 Å². The molecule has 3 nitrogen and oxygen atoms in total. The van der Waals surface area contributed by atoms with Gasteiger partial charge in [-0.05, 0) is 18.6 Å². The molecule has 1 aromatic carbocycles. The molecule has 0 aliphatic carbocycles. The quantitative estimate of drug-likeness (QED) is 0.758. The molecule has 0 spiro atoms. The standard InChI is InChI=1S/C10H13NO2/c1-2-9(10(11)12)13-8-6-4-3-5-7-8/h3-7,9H,2H2,1H3,(H2,11,12). The van der Waals surface area contributed by atoms with Crippen LogP contribution < -0.4 is 10.5 Å². The number of carbonyl (C=O) groups excluding carboxylic acids is 1. The van der Waals surface area contributed by atoms with Gasteiger partial charge < -0.3 is 10.5 Å². The minimum atomic E-state index is -0.526. The van der Waals surface area contributed by atoms with Crippen LogP contribution in [0.2, 0.25) is 0 Å². The van der Waals surface area contributed by atoms with Crippen molar-refractivity contribution in [2.24, 2.45) is 5.73 Å². The maximum atomic E-state index is 10.8. The molecule has 1 aromatic rings. The van der Waals surface area contributed by atoms with Crippen LogP contribution in [0.15, 0.2) is 30.3 Å². The van der Waals surface area contributed by atoms with E-state index in [1.807, 2.05) is 25.1 Å².